The molecule has 0 aromatic heterocycles. The Balaban J connectivity index is 1.77. The number of carbonyl (C=O) groups excluding carboxylic acids is 1. The Morgan fingerprint density at radius 2 is 1.45 bits per heavy atom. The number of anilines is 1. The summed E-state index contributed by atoms with van der Waals surface area (Å²) in [7, 11) is 6.32. The van der Waals surface area contributed by atoms with Crippen molar-refractivity contribution in [2.24, 2.45) is 0 Å². The highest BCUT2D eigenvalue weighted by Gasteiger charge is 2.38. The molecule has 0 saturated carbocycles. The van der Waals surface area contributed by atoms with Crippen molar-refractivity contribution in [2.75, 3.05) is 33.3 Å². The number of thioether (sulfide) groups is 1. The Kier molecular flexibility index (Phi) is 6.79. The van der Waals surface area contributed by atoms with Gasteiger partial charge < -0.3 is 18.9 Å². The summed E-state index contributed by atoms with van der Waals surface area (Å²) in [6.07, 6.45) is 1.86. The van der Waals surface area contributed by atoms with Gasteiger partial charge in [0, 0.05) is 5.69 Å². The van der Waals surface area contributed by atoms with Gasteiger partial charge in [0.2, 0.25) is 5.75 Å². The molecule has 4 rings (SSSR count). The van der Waals surface area contributed by atoms with Gasteiger partial charge in [0.15, 0.2) is 11.5 Å². The van der Waals surface area contributed by atoms with Crippen molar-refractivity contribution in [1.29, 1.82) is 0 Å². The van der Waals surface area contributed by atoms with Crippen LogP contribution in [-0.4, -0.2) is 34.3 Å². The number of ether oxygens (including phenoxy) is 4. The van der Waals surface area contributed by atoms with Gasteiger partial charge in [0.25, 0.3) is 5.91 Å². The predicted octanol–water partition coefficient (Wildman–Crippen LogP) is 5.54. The van der Waals surface area contributed by atoms with Crippen molar-refractivity contribution in [1.82, 2.24) is 0 Å². The van der Waals surface area contributed by atoms with Crippen LogP contribution in [0.2, 0.25) is 0 Å². The first-order valence-corrected chi connectivity index (χ1v) is 11.2. The molecule has 1 unspecified atom stereocenters. The highest BCUT2D eigenvalue weighted by molar-refractivity contribution is 8.05. The summed E-state index contributed by atoms with van der Waals surface area (Å²) in [6.45, 7) is 0. The summed E-state index contributed by atoms with van der Waals surface area (Å²) in [5, 5.41) is -0.194. The van der Waals surface area contributed by atoms with Gasteiger partial charge in [-0.15, -0.1) is 0 Å². The standard InChI is InChI=1S/C26H25NO5S/c1-29-20-12-10-19(11-13-20)27-25(28)23(33-26(27)18-8-6-5-7-9-18)16-17-14-21(30-2)24(32-4)22(15-17)31-3/h5-16,26H,1-4H3/b23-16+. The molecule has 170 valence electrons. The highest BCUT2D eigenvalue weighted by atomic mass is 32.2. The SMILES string of the molecule is COc1ccc(N2C(=O)/C(=C\c3cc(OC)c(OC)c(OC)c3)SC2c2ccccc2)cc1. The first-order chi connectivity index (χ1) is 16.1. The van der Waals surface area contributed by atoms with Gasteiger partial charge in [-0.25, -0.2) is 0 Å². The summed E-state index contributed by atoms with van der Waals surface area (Å²) in [5.74, 6) is 2.24. The van der Waals surface area contributed by atoms with E-state index in [-0.39, 0.29) is 11.3 Å². The molecule has 0 bridgehead atoms. The number of hydrogen-bond donors (Lipinski definition) is 0. The Hall–Kier alpha value is -3.58. The molecular formula is C26H25NO5S. The van der Waals surface area contributed by atoms with E-state index in [0.717, 1.165) is 22.6 Å². The van der Waals surface area contributed by atoms with Gasteiger partial charge in [-0.3, -0.25) is 9.69 Å². The molecule has 3 aromatic rings. The van der Waals surface area contributed by atoms with Crippen molar-refractivity contribution in [3.63, 3.8) is 0 Å². The molecule has 1 aliphatic rings. The molecule has 0 N–H and O–H groups in total. The largest absolute Gasteiger partial charge is 0.497 e. The topological polar surface area (TPSA) is 57.2 Å². The lowest BCUT2D eigenvalue weighted by atomic mass is 10.1. The van der Waals surface area contributed by atoms with Crippen molar-refractivity contribution < 1.29 is 23.7 Å². The van der Waals surface area contributed by atoms with Crippen LogP contribution >= 0.6 is 11.8 Å². The maximum atomic E-state index is 13.6. The third-order valence-corrected chi connectivity index (χ3v) is 6.58. The molecule has 1 saturated heterocycles. The van der Waals surface area contributed by atoms with Crippen LogP contribution in [-0.2, 0) is 4.79 Å². The smallest absolute Gasteiger partial charge is 0.266 e. The zero-order valence-corrected chi connectivity index (χ0v) is 19.7. The Labute approximate surface area is 197 Å². The molecule has 3 aromatic carbocycles. The van der Waals surface area contributed by atoms with Gasteiger partial charge in [-0.1, -0.05) is 42.1 Å². The lowest BCUT2D eigenvalue weighted by molar-refractivity contribution is -0.114. The molecule has 1 heterocycles. The second kappa shape index (κ2) is 9.92. The van der Waals surface area contributed by atoms with Crippen LogP contribution in [0, 0.1) is 0 Å². The molecule has 0 aliphatic carbocycles. The van der Waals surface area contributed by atoms with Gasteiger partial charge in [0.1, 0.15) is 11.1 Å². The molecule has 1 fully saturated rings. The maximum Gasteiger partial charge on any atom is 0.266 e. The Morgan fingerprint density at radius 1 is 0.818 bits per heavy atom. The first-order valence-electron chi connectivity index (χ1n) is 10.3. The Bertz CT molecular complexity index is 1140. The normalized spacial score (nSPS) is 16.7. The summed E-state index contributed by atoms with van der Waals surface area (Å²) in [4.78, 5) is 16.0. The minimum absolute atomic E-state index is 0.0761. The van der Waals surface area contributed by atoms with E-state index in [1.807, 2.05) is 77.7 Å². The van der Waals surface area contributed by atoms with E-state index in [0.29, 0.717) is 22.2 Å². The fourth-order valence-corrected chi connectivity index (χ4v) is 4.97. The number of hydrogen-bond acceptors (Lipinski definition) is 6. The number of methoxy groups -OCH3 is 4. The lowest BCUT2D eigenvalue weighted by Gasteiger charge is -2.24. The van der Waals surface area contributed by atoms with E-state index in [2.05, 4.69) is 0 Å². The van der Waals surface area contributed by atoms with Crippen LogP contribution in [0.1, 0.15) is 16.5 Å². The van der Waals surface area contributed by atoms with Crippen LogP contribution in [0.5, 0.6) is 23.0 Å². The monoisotopic (exact) mass is 463 g/mol. The van der Waals surface area contributed by atoms with Crippen molar-refractivity contribution in [2.45, 2.75) is 5.37 Å². The van der Waals surface area contributed by atoms with Crippen molar-refractivity contribution >= 4 is 29.4 Å². The first kappa shape index (κ1) is 22.6. The molecule has 0 spiro atoms. The second-order valence-corrected chi connectivity index (χ2v) is 8.34. The minimum atomic E-state index is -0.194. The fourth-order valence-electron chi connectivity index (χ4n) is 3.71. The molecular weight excluding hydrogens is 438 g/mol. The predicted molar refractivity (Wildman–Crippen MR) is 131 cm³/mol. The van der Waals surface area contributed by atoms with E-state index in [1.165, 1.54) is 11.8 Å². The molecule has 0 radical (unpaired) electrons. The second-order valence-electron chi connectivity index (χ2n) is 7.22. The summed E-state index contributed by atoms with van der Waals surface area (Å²) < 4.78 is 21.6. The van der Waals surface area contributed by atoms with E-state index in [1.54, 1.807) is 28.4 Å². The quantitative estimate of drug-likeness (QED) is 0.429. The van der Waals surface area contributed by atoms with Gasteiger partial charge in [0.05, 0.1) is 33.3 Å². The highest BCUT2D eigenvalue weighted by Crippen LogP contribution is 2.49. The lowest BCUT2D eigenvalue weighted by Crippen LogP contribution is -2.27. The molecule has 1 aliphatic heterocycles. The number of carbonyl (C=O) groups is 1. The molecule has 1 amide bonds. The van der Waals surface area contributed by atoms with Crippen LogP contribution in [0.25, 0.3) is 6.08 Å². The van der Waals surface area contributed by atoms with Gasteiger partial charge in [-0.05, 0) is 53.6 Å². The van der Waals surface area contributed by atoms with Crippen molar-refractivity contribution in [3.05, 3.63) is 82.8 Å². The summed E-state index contributed by atoms with van der Waals surface area (Å²) in [5.41, 5.74) is 2.62. The van der Waals surface area contributed by atoms with Crippen molar-refractivity contribution in [3.8, 4) is 23.0 Å². The summed E-state index contributed by atoms with van der Waals surface area (Å²) >= 11 is 1.51. The van der Waals surface area contributed by atoms with Crippen LogP contribution < -0.4 is 23.8 Å². The van der Waals surface area contributed by atoms with Gasteiger partial charge in [-0.2, -0.15) is 0 Å². The number of amides is 1. The average molecular weight is 464 g/mol. The maximum absolute atomic E-state index is 13.6. The zero-order valence-electron chi connectivity index (χ0n) is 18.9. The zero-order chi connectivity index (χ0) is 23.4. The van der Waals surface area contributed by atoms with E-state index in [9.17, 15) is 4.79 Å². The number of benzene rings is 3. The third kappa shape index (κ3) is 4.50. The van der Waals surface area contributed by atoms with Crippen LogP contribution in [0.3, 0.4) is 0 Å². The Morgan fingerprint density at radius 3 is 2.00 bits per heavy atom. The molecule has 1 atom stereocenters. The average Bonchev–Trinajstić information content (AvgIpc) is 3.19. The fraction of sp³-hybridized carbons (Fsp3) is 0.192. The van der Waals surface area contributed by atoms with E-state index >= 15 is 0 Å². The molecule has 7 heteroatoms. The summed E-state index contributed by atoms with van der Waals surface area (Å²) in [6, 6.07) is 21.2. The van der Waals surface area contributed by atoms with E-state index < -0.39 is 0 Å². The number of rotatable bonds is 7. The minimum Gasteiger partial charge on any atom is -0.497 e. The molecule has 33 heavy (non-hydrogen) atoms. The van der Waals surface area contributed by atoms with Gasteiger partial charge >= 0.3 is 0 Å². The number of nitrogens with zero attached hydrogens (tertiary/aromatic N) is 1. The third-order valence-electron chi connectivity index (χ3n) is 5.32. The van der Waals surface area contributed by atoms with Crippen LogP contribution in [0.15, 0.2) is 71.6 Å². The van der Waals surface area contributed by atoms with Crippen LogP contribution in [0.4, 0.5) is 5.69 Å². The van der Waals surface area contributed by atoms with E-state index in [4.69, 9.17) is 18.9 Å². The molecule has 6 nitrogen and oxygen atoms in total.